The summed E-state index contributed by atoms with van der Waals surface area (Å²) in [4.78, 5) is 12.5. The Morgan fingerprint density at radius 3 is 2.75 bits per heavy atom. The van der Waals surface area contributed by atoms with Gasteiger partial charge in [0.2, 0.25) is 0 Å². The molecule has 124 valence electrons. The van der Waals surface area contributed by atoms with E-state index in [0.29, 0.717) is 23.5 Å². The van der Waals surface area contributed by atoms with Gasteiger partial charge in [0.05, 0.1) is 12.3 Å². The van der Waals surface area contributed by atoms with Crippen LogP contribution in [0.4, 0.5) is 10.1 Å². The first kappa shape index (κ1) is 16.1. The molecule has 0 aliphatic rings. The molecular weight excluding hydrogens is 309 g/mol. The molecule has 0 spiro atoms. The highest BCUT2D eigenvalue weighted by Crippen LogP contribution is 2.29. The predicted molar refractivity (Wildman–Crippen MR) is 91.2 cm³/mol. The number of rotatable bonds is 4. The number of carbonyl (C=O) groups excluding carboxylic acids is 1. The van der Waals surface area contributed by atoms with E-state index >= 15 is 0 Å². The molecule has 1 aromatic heterocycles. The lowest BCUT2D eigenvalue weighted by molar-refractivity contribution is 0.0997. The molecule has 3 rings (SSSR count). The Morgan fingerprint density at radius 2 is 2.00 bits per heavy atom. The molecular formula is C19H18FNO3. The Kier molecular flexibility index (Phi) is 4.25. The van der Waals surface area contributed by atoms with Crippen molar-refractivity contribution in [2.24, 2.45) is 0 Å². The topological polar surface area (TPSA) is 51.5 Å². The number of ether oxygens (including phenoxy) is 1. The molecule has 24 heavy (non-hydrogen) atoms. The van der Waals surface area contributed by atoms with Crippen molar-refractivity contribution in [3.63, 3.8) is 0 Å². The SMILES string of the molecule is CCOc1ccc2oc(C(=O)Nc3cc(C)ccc3F)c(C)c2c1. The quantitative estimate of drug-likeness (QED) is 0.746. The molecule has 0 aliphatic carbocycles. The van der Waals surface area contributed by atoms with Gasteiger partial charge in [0.15, 0.2) is 5.76 Å². The lowest BCUT2D eigenvalue weighted by Gasteiger charge is -2.06. The van der Waals surface area contributed by atoms with Gasteiger partial charge in [-0.15, -0.1) is 0 Å². The van der Waals surface area contributed by atoms with Crippen LogP contribution in [-0.2, 0) is 0 Å². The zero-order valence-electron chi connectivity index (χ0n) is 13.8. The number of hydrogen-bond acceptors (Lipinski definition) is 3. The fourth-order valence-corrected chi connectivity index (χ4v) is 2.59. The number of furan rings is 1. The maximum atomic E-state index is 13.8. The minimum Gasteiger partial charge on any atom is -0.494 e. The van der Waals surface area contributed by atoms with E-state index in [4.69, 9.17) is 9.15 Å². The van der Waals surface area contributed by atoms with Crippen molar-refractivity contribution in [2.45, 2.75) is 20.8 Å². The summed E-state index contributed by atoms with van der Waals surface area (Å²) in [7, 11) is 0. The van der Waals surface area contributed by atoms with Gasteiger partial charge in [-0.1, -0.05) is 6.07 Å². The Balaban J connectivity index is 1.95. The van der Waals surface area contributed by atoms with Crippen molar-refractivity contribution in [3.8, 4) is 5.75 Å². The van der Waals surface area contributed by atoms with Gasteiger partial charge in [0, 0.05) is 10.9 Å². The van der Waals surface area contributed by atoms with E-state index in [-0.39, 0.29) is 11.4 Å². The number of nitrogens with one attached hydrogen (secondary N) is 1. The monoisotopic (exact) mass is 327 g/mol. The largest absolute Gasteiger partial charge is 0.494 e. The van der Waals surface area contributed by atoms with Crippen LogP contribution in [0, 0.1) is 19.7 Å². The predicted octanol–water partition coefficient (Wildman–Crippen LogP) is 4.84. The second-order valence-electron chi connectivity index (χ2n) is 5.58. The first-order valence-corrected chi connectivity index (χ1v) is 7.73. The third-order valence-corrected chi connectivity index (χ3v) is 3.79. The highest BCUT2D eigenvalue weighted by atomic mass is 19.1. The van der Waals surface area contributed by atoms with Crippen LogP contribution in [0.25, 0.3) is 11.0 Å². The van der Waals surface area contributed by atoms with Crippen LogP contribution < -0.4 is 10.1 Å². The van der Waals surface area contributed by atoms with E-state index in [1.165, 1.54) is 6.07 Å². The van der Waals surface area contributed by atoms with E-state index in [1.54, 1.807) is 31.2 Å². The van der Waals surface area contributed by atoms with Gasteiger partial charge in [0.25, 0.3) is 5.91 Å². The minimum atomic E-state index is -0.485. The van der Waals surface area contributed by atoms with E-state index in [1.807, 2.05) is 19.9 Å². The second-order valence-corrected chi connectivity index (χ2v) is 5.58. The number of hydrogen-bond donors (Lipinski definition) is 1. The molecule has 0 atom stereocenters. The van der Waals surface area contributed by atoms with Gasteiger partial charge in [-0.3, -0.25) is 4.79 Å². The van der Waals surface area contributed by atoms with Gasteiger partial charge in [-0.25, -0.2) is 4.39 Å². The summed E-state index contributed by atoms with van der Waals surface area (Å²) >= 11 is 0. The number of aryl methyl sites for hydroxylation is 2. The van der Waals surface area contributed by atoms with Gasteiger partial charge >= 0.3 is 0 Å². The molecule has 0 unspecified atom stereocenters. The fourth-order valence-electron chi connectivity index (χ4n) is 2.59. The van der Waals surface area contributed by atoms with Crippen molar-refractivity contribution >= 4 is 22.6 Å². The summed E-state index contributed by atoms with van der Waals surface area (Å²) < 4.78 is 24.9. The molecule has 0 fully saturated rings. The van der Waals surface area contributed by atoms with Crippen LogP contribution >= 0.6 is 0 Å². The maximum Gasteiger partial charge on any atom is 0.291 e. The van der Waals surface area contributed by atoms with Crippen LogP contribution in [0.3, 0.4) is 0 Å². The van der Waals surface area contributed by atoms with Crippen LogP contribution in [0.1, 0.15) is 28.6 Å². The van der Waals surface area contributed by atoms with Crippen molar-refractivity contribution in [1.82, 2.24) is 0 Å². The zero-order chi connectivity index (χ0) is 17.3. The van der Waals surface area contributed by atoms with Crippen LogP contribution in [0.15, 0.2) is 40.8 Å². The summed E-state index contributed by atoms with van der Waals surface area (Å²) in [5.74, 6) is -0.0855. The molecule has 0 saturated carbocycles. The van der Waals surface area contributed by atoms with Gasteiger partial charge in [0.1, 0.15) is 17.1 Å². The number of fused-ring (bicyclic) bond motifs is 1. The molecule has 2 aromatic carbocycles. The van der Waals surface area contributed by atoms with E-state index in [2.05, 4.69) is 5.32 Å². The standard InChI is InChI=1S/C19H18FNO3/c1-4-23-13-6-8-17-14(10-13)12(3)18(24-17)19(22)21-16-9-11(2)5-7-15(16)20/h5-10H,4H2,1-3H3,(H,21,22). The summed E-state index contributed by atoms with van der Waals surface area (Å²) in [6, 6.07) is 9.94. The first-order chi connectivity index (χ1) is 11.5. The second kappa shape index (κ2) is 6.35. The summed E-state index contributed by atoms with van der Waals surface area (Å²) in [5.41, 5.74) is 2.27. The molecule has 0 saturated heterocycles. The van der Waals surface area contributed by atoms with Gasteiger partial charge in [-0.2, -0.15) is 0 Å². The fraction of sp³-hybridized carbons (Fsp3) is 0.211. The molecule has 0 aliphatic heterocycles. The third kappa shape index (κ3) is 2.97. The zero-order valence-corrected chi connectivity index (χ0v) is 13.8. The Hall–Kier alpha value is -2.82. The molecule has 1 N–H and O–H groups in total. The highest BCUT2D eigenvalue weighted by molar-refractivity contribution is 6.06. The first-order valence-electron chi connectivity index (χ1n) is 7.73. The lowest BCUT2D eigenvalue weighted by Crippen LogP contribution is -2.13. The Bertz CT molecular complexity index is 914. The minimum absolute atomic E-state index is 0.134. The molecule has 1 heterocycles. The van der Waals surface area contributed by atoms with Crippen molar-refractivity contribution in [1.29, 1.82) is 0 Å². The number of amides is 1. The van der Waals surface area contributed by atoms with E-state index in [0.717, 1.165) is 10.9 Å². The summed E-state index contributed by atoms with van der Waals surface area (Å²) in [5, 5.41) is 3.37. The molecule has 1 amide bonds. The average molecular weight is 327 g/mol. The number of carbonyl (C=O) groups is 1. The van der Waals surface area contributed by atoms with Crippen LogP contribution in [0.5, 0.6) is 5.75 Å². The molecule has 3 aromatic rings. The average Bonchev–Trinajstić information content (AvgIpc) is 2.88. The highest BCUT2D eigenvalue weighted by Gasteiger charge is 2.19. The lowest BCUT2D eigenvalue weighted by atomic mass is 10.1. The van der Waals surface area contributed by atoms with E-state index < -0.39 is 11.7 Å². The summed E-state index contributed by atoms with van der Waals surface area (Å²) in [6.07, 6.45) is 0. The van der Waals surface area contributed by atoms with Crippen molar-refractivity contribution in [2.75, 3.05) is 11.9 Å². The normalized spacial score (nSPS) is 10.8. The maximum absolute atomic E-state index is 13.8. The van der Waals surface area contributed by atoms with Gasteiger partial charge < -0.3 is 14.5 Å². The van der Waals surface area contributed by atoms with Crippen LogP contribution in [-0.4, -0.2) is 12.5 Å². The van der Waals surface area contributed by atoms with Gasteiger partial charge in [-0.05, 0) is 56.7 Å². The molecule has 0 radical (unpaired) electrons. The molecule has 0 bridgehead atoms. The molecule has 4 nitrogen and oxygen atoms in total. The smallest absolute Gasteiger partial charge is 0.291 e. The number of halogens is 1. The third-order valence-electron chi connectivity index (χ3n) is 3.79. The van der Waals surface area contributed by atoms with Crippen molar-refractivity contribution < 1.29 is 18.3 Å². The number of benzene rings is 2. The van der Waals surface area contributed by atoms with Crippen LogP contribution in [0.2, 0.25) is 0 Å². The Morgan fingerprint density at radius 1 is 1.21 bits per heavy atom. The summed E-state index contributed by atoms with van der Waals surface area (Å²) in [6.45, 7) is 6.09. The van der Waals surface area contributed by atoms with E-state index in [9.17, 15) is 9.18 Å². The van der Waals surface area contributed by atoms with Crippen molar-refractivity contribution in [3.05, 3.63) is 59.1 Å². The number of anilines is 1. The Labute approximate surface area is 139 Å². The molecule has 5 heteroatoms.